The lowest BCUT2D eigenvalue weighted by Gasteiger charge is -2.27. The third kappa shape index (κ3) is 4.08. The van der Waals surface area contributed by atoms with Crippen LogP contribution in [0.1, 0.15) is 59.4 Å². The van der Waals surface area contributed by atoms with Crippen LogP contribution in [0, 0.1) is 0 Å². The molecule has 144 valence electrons. The molecule has 1 heterocycles. The summed E-state index contributed by atoms with van der Waals surface area (Å²) in [6, 6.07) is 11.6. The summed E-state index contributed by atoms with van der Waals surface area (Å²) in [6.45, 7) is 0.823. The van der Waals surface area contributed by atoms with Crippen molar-refractivity contribution >= 4 is 5.91 Å². The third-order valence-electron chi connectivity index (χ3n) is 6.07. The van der Waals surface area contributed by atoms with Gasteiger partial charge in [0.25, 0.3) is 5.91 Å². The van der Waals surface area contributed by atoms with Crippen LogP contribution >= 0.6 is 0 Å². The Balaban J connectivity index is 1.52. The van der Waals surface area contributed by atoms with Gasteiger partial charge < -0.3 is 10.6 Å². The Morgan fingerprint density at radius 2 is 1.93 bits per heavy atom. The molecule has 2 aliphatic rings. The van der Waals surface area contributed by atoms with Crippen LogP contribution in [0.15, 0.2) is 30.3 Å². The minimum atomic E-state index is -0.0637. The van der Waals surface area contributed by atoms with Crippen molar-refractivity contribution in [2.45, 2.75) is 70.0 Å². The molecule has 0 spiro atoms. The maximum absolute atomic E-state index is 12.4. The van der Waals surface area contributed by atoms with E-state index in [9.17, 15) is 4.79 Å². The van der Waals surface area contributed by atoms with E-state index in [0.717, 1.165) is 37.8 Å². The first kappa shape index (κ1) is 18.2. The molecule has 2 aliphatic carbocycles. The summed E-state index contributed by atoms with van der Waals surface area (Å²) in [5, 5.41) is 11.3. The highest BCUT2D eigenvalue weighted by atomic mass is 16.1. The molecule has 1 fully saturated rings. The fourth-order valence-corrected chi connectivity index (χ4v) is 4.62. The highest BCUT2D eigenvalue weighted by molar-refractivity contribution is 5.93. The van der Waals surface area contributed by atoms with Crippen molar-refractivity contribution in [2.75, 3.05) is 7.05 Å². The average molecular weight is 367 g/mol. The van der Waals surface area contributed by atoms with Gasteiger partial charge in [0.2, 0.25) is 0 Å². The maximum atomic E-state index is 12.4. The number of rotatable bonds is 6. The lowest BCUT2D eigenvalue weighted by Crippen LogP contribution is -2.40. The zero-order chi connectivity index (χ0) is 18.6. The van der Waals surface area contributed by atoms with Crippen molar-refractivity contribution in [1.29, 1.82) is 0 Å². The molecule has 1 aromatic heterocycles. The molecule has 4 rings (SSSR count). The van der Waals surface area contributed by atoms with E-state index in [4.69, 9.17) is 5.10 Å². The first-order chi connectivity index (χ1) is 13.2. The molecule has 1 saturated carbocycles. The second-order valence-corrected chi connectivity index (χ2v) is 7.90. The number of nitrogens with zero attached hydrogens (tertiary/aromatic N) is 2. The van der Waals surface area contributed by atoms with Crippen LogP contribution in [-0.2, 0) is 25.8 Å². The molecule has 27 heavy (non-hydrogen) atoms. The third-order valence-corrected chi connectivity index (χ3v) is 6.07. The minimum Gasteiger partial charge on any atom is -0.354 e. The van der Waals surface area contributed by atoms with Crippen molar-refractivity contribution in [3.05, 3.63) is 52.8 Å². The maximum Gasteiger partial charge on any atom is 0.271 e. The molecule has 0 unspecified atom stereocenters. The Hall–Kier alpha value is -2.14. The quantitative estimate of drug-likeness (QED) is 0.826. The molecule has 1 aromatic carbocycles. The Bertz CT molecular complexity index is 777. The van der Waals surface area contributed by atoms with E-state index in [1.54, 1.807) is 7.05 Å². The standard InChI is InChI=1S/C22H30N4O/c1-23-22(27)21-19-15-18(24-17-9-5-6-10-17)11-12-20(19)26(25-21)14-13-16-7-3-2-4-8-16/h2-4,7-8,17-18,24H,5-6,9-15H2,1H3,(H,23,27)/t18-/m0/s1. The first-order valence-corrected chi connectivity index (χ1v) is 10.3. The summed E-state index contributed by atoms with van der Waals surface area (Å²) in [5.74, 6) is -0.0637. The van der Waals surface area contributed by atoms with Crippen molar-refractivity contribution < 1.29 is 4.79 Å². The SMILES string of the molecule is CNC(=O)c1nn(CCc2ccccc2)c2c1C[C@@H](NC1CCCC1)CC2. The summed E-state index contributed by atoms with van der Waals surface area (Å²) in [4.78, 5) is 12.4. The fraction of sp³-hybridized carbons (Fsp3) is 0.545. The number of nitrogens with one attached hydrogen (secondary N) is 2. The molecule has 0 bridgehead atoms. The summed E-state index contributed by atoms with van der Waals surface area (Å²) in [6.07, 6.45) is 9.26. The molecule has 2 N–H and O–H groups in total. The normalized spacial score (nSPS) is 19.8. The number of fused-ring (bicyclic) bond motifs is 1. The van der Waals surface area contributed by atoms with Crippen LogP contribution in [0.5, 0.6) is 0 Å². The monoisotopic (exact) mass is 366 g/mol. The van der Waals surface area contributed by atoms with E-state index in [-0.39, 0.29) is 5.91 Å². The fourth-order valence-electron chi connectivity index (χ4n) is 4.62. The van der Waals surface area contributed by atoms with E-state index in [1.165, 1.54) is 36.9 Å². The average Bonchev–Trinajstić information content (AvgIpc) is 3.34. The van der Waals surface area contributed by atoms with Gasteiger partial charge >= 0.3 is 0 Å². The van der Waals surface area contributed by atoms with Gasteiger partial charge in [0.05, 0.1) is 0 Å². The molecule has 1 amide bonds. The van der Waals surface area contributed by atoms with E-state index in [0.29, 0.717) is 17.8 Å². The van der Waals surface area contributed by atoms with Gasteiger partial charge in [-0.2, -0.15) is 5.10 Å². The van der Waals surface area contributed by atoms with E-state index < -0.39 is 0 Å². The Morgan fingerprint density at radius 3 is 2.67 bits per heavy atom. The van der Waals surface area contributed by atoms with Gasteiger partial charge in [-0.05, 0) is 44.1 Å². The van der Waals surface area contributed by atoms with Crippen molar-refractivity contribution in [1.82, 2.24) is 20.4 Å². The molecule has 0 saturated heterocycles. The Morgan fingerprint density at radius 1 is 1.15 bits per heavy atom. The number of carbonyl (C=O) groups is 1. The van der Waals surface area contributed by atoms with Crippen LogP contribution in [-0.4, -0.2) is 34.8 Å². The zero-order valence-electron chi connectivity index (χ0n) is 16.2. The molecule has 1 atom stereocenters. The van der Waals surface area contributed by atoms with Gasteiger partial charge in [-0.15, -0.1) is 0 Å². The van der Waals surface area contributed by atoms with Gasteiger partial charge in [-0.1, -0.05) is 43.2 Å². The van der Waals surface area contributed by atoms with E-state index in [1.807, 2.05) is 6.07 Å². The summed E-state index contributed by atoms with van der Waals surface area (Å²) < 4.78 is 2.08. The van der Waals surface area contributed by atoms with Crippen LogP contribution < -0.4 is 10.6 Å². The first-order valence-electron chi connectivity index (χ1n) is 10.3. The lowest BCUT2D eigenvalue weighted by molar-refractivity contribution is 0.0956. The predicted molar refractivity (Wildman–Crippen MR) is 107 cm³/mol. The number of aromatic nitrogens is 2. The summed E-state index contributed by atoms with van der Waals surface area (Å²) >= 11 is 0. The zero-order valence-corrected chi connectivity index (χ0v) is 16.2. The lowest BCUT2D eigenvalue weighted by atomic mass is 9.90. The second-order valence-electron chi connectivity index (χ2n) is 7.90. The van der Waals surface area contributed by atoms with Crippen LogP contribution in [0.25, 0.3) is 0 Å². The molecule has 2 aromatic rings. The van der Waals surface area contributed by atoms with Gasteiger partial charge in [-0.3, -0.25) is 9.48 Å². The van der Waals surface area contributed by atoms with Crippen molar-refractivity contribution in [3.63, 3.8) is 0 Å². The number of aryl methyl sites for hydroxylation is 2. The van der Waals surface area contributed by atoms with Gasteiger partial charge in [0.15, 0.2) is 5.69 Å². The topological polar surface area (TPSA) is 59.0 Å². The highest BCUT2D eigenvalue weighted by Gasteiger charge is 2.30. The summed E-state index contributed by atoms with van der Waals surface area (Å²) in [7, 11) is 1.69. The van der Waals surface area contributed by atoms with Crippen molar-refractivity contribution in [3.8, 4) is 0 Å². The Kier molecular flexibility index (Phi) is 5.58. The molecular formula is C22H30N4O. The molecular weight excluding hydrogens is 336 g/mol. The van der Waals surface area contributed by atoms with Gasteiger partial charge in [0, 0.05) is 36.9 Å². The second kappa shape index (κ2) is 8.26. The van der Waals surface area contributed by atoms with Crippen molar-refractivity contribution in [2.24, 2.45) is 0 Å². The molecule has 0 radical (unpaired) electrons. The van der Waals surface area contributed by atoms with Crippen LogP contribution in [0.2, 0.25) is 0 Å². The number of amides is 1. The van der Waals surface area contributed by atoms with Gasteiger partial charge in [0.1, 0.15) is 0 Å². The molecule has 5 nitrogen and oxygen atoms in total. The smallest absolute Gasteiger partial charge is 0.271 e. The predicted octanol–water partition coefficient (Wildman–Crippen LogP) is 2.87. The number of hydrogen-bond donors (Lipinski definition) is 2. The van der Waals surface area contributed by atoms with E-state index >= 15 is 0 Å². The minimum absolute atomic E-state index is 0.0637. The number of carbonyl (C=O) groups excluding carboxylic acids is 1. The summed E-state index contributed by atoms with van der Waals surface area (Å²) in [5.41, 5.74) is 4.34. The van der Waals surface area contributed by atoms with Crippen LogP contribution in [0.3, 0.4) is 0 Å². The highest BCUT2D eigenvalue weighted by Crippen LogP contribution is 2.27. The molecule has 0 aliphatic heterocycles. The van der Waals surface area contributed by atoms with Crippen LogP contribution in [0.4, 0.5) is 0 Å². The van der Waals surface area contributed by atoms with E-state index in [2.05, 4.69) is 39.6 Å². The largest absolute Gasteiger partial charge is 0.354 e. The molecule has 5 heteroatoms. The number of hydrogen-bond acceptors (Lipinski definition) is 3. The number of benzene rings is 1. The van der Waals surface area contributed by atoms with Gasteiger partial charge in [-0.25, -0.2) is 0 Å². The Labute approximate surface area is 161 Å².